The zero-order chi connectivity index (χ0) is 12.3. The van der Waals surface area contributed by atoms with E-state index in [0.717, 1.165) is 12.3 Å². The minimum Gasteiger partial charge on any atom is -0.297 e. The number of nitrogens with zero attached hydrogens (tertiary/aromatic N) is 1. The van der Waals surface area contributed by atoms with Crippen molar-refractivity contribution in [1.82, 2.24) is 4.90 Å². The van der Waals surface area contributed by atoms with E-state index >= 15 is 0 Å². The predicted molar refractivity (Wildman–Crippen MR) is 66.4 cm³/mol. The van der Waals surface area contributed by atoms with Gasteiger partial charge in [0.25, 0.3) is 0 Å². The van der Waals surface area contributed by atoms with Gasteiger partial charge in [-0.1, -0.05) is 20.8 Å². The van der Waals surface area contributed by atoms with Gasteiger partial charge in [0.1, 0.15) is 0 Å². The lowest BCUT2D eigenvalue weighted by Crippen LogP contribution is -2.52. The zero-order valence-corrected chi connectivity index (χ0v) is 11.5. The molecule has 1 aliphatic carbocycles. The topological polar surface area (TPSA) is 20.3 Å². The lowest BCUT2D eigenvalue weighted by atomic mass is 9.84. The van der Waals surface area contributed by atoms with E-state index in [1.165, 1.54) is 6.42 Å². The standard InChI is InChI=1S/C14H25NO/c1-13(2,3)12(16)11-8-9-7-10(9)15(11)14(4,5)6/h9-11H,7-8H2,1-6H3/t9-,10-,11-/m0/s1. The molecule has 0 bridgehead atoms. The summed E-state index contributed by atoms with van der Waals surface area (Å²) in [5, 5.41) is 0. The summed E-state index contributed by atoms with van der Waals surface area (Å²) in [6.45, 7) is 12.8. The maximum atomic E-state index is 12.4. The van der Waals surface area contributed by atoms with Crippen molar-refractivity contribution in [3.63, 3.8) is 0 Å². The summed E-state index contributed by atoms with van der Waals surface area (Å²) in [6.07, 6.45) is 2.41. The molecule has 0 N–H and O–H groups in total. The van der Waals surface area contributed by atoms with Gasteiger partial charge in [-0.15, -0.1) is 0 Å². The van der Waals surface area contributed by atoms with Crippen LogP contribution in [0.1, 0.15) is 54.4 Å². The Morgan fingerprint density at radius 1 is 1.06 bits per heavy atom. The van der Waals surface area contributed by atoms with Crippen molar-refractivity contribution in [2.75, 3.05) is 0 Å². The van der Waals surface area contributed by atoms with E-state index in [2.05, 4.69) is 25.7 Å². The van der Waals surface area contributed by atoms with Crippen LogP contribution in [-0.2, 0) is 4.79 Å². The van der Waals surface area contributed by atoms with Crippen LogP contribution in [-0.4, -0.2) is 28.3 Å². The Morgan fingerprint density at radius 2 is 1.62 bits per heavy atom. The number of carbonyl (C=O) groups excluding carboxylic acids is 1. The number of hydrogen-bond donors (Lipinski definition) is 0. The fourth-order valence-corrected chi connectivity index (χ4v) is 3.16. The second-order valence-corrected chi connectivity index (χ2v) is 7.51. The van der Waals surface area contributed by atoms with Crippen molar-refractivity contribution >= 4 is 5.78 Å². The van der Waals surface area contributed by atoms with Crippen LogP contribution >= 0.6 is 0 Å². The summed E-state index contributed by atoms with van der Waals surface area (Å²) in [5.74, 6) is 1.23. The normalized spacial score (nSPS) is 35.0. The summed E-state index contributed by atoms with van der Waals surface area (Å²) in [5.41, 5.74) is -0.0769. The summed E-state index contributed by atoms with van der Waals surface area (Å²) in [4.78, 5) is 14.9. The van der Waals surface area contributed by atoms with Crippen LogP contribution in [0, 0.1) is 11.3 Å². The minimum absolute atomic E-state index is 0.126. The highest BCUT2D eigenvalue weighted by Gasteiger charge is 2.57. The molecule has 1 aliphatic heterocycles. The molecule has 2 fully saturated rings. The average Bonchev–Trinajstić information content (AvgIpc) is 2.71. The molecule has 16 heavy (non-hydrogen) atoms. The van der Waals surface area contributed by atoms with Crippen molar-refractivity contribution in [1.29, 1.82) is 0 Å². The quantitative estimate of drug-likeness (QED) is 0.681. The highest BCUT2D eigenvalue weighted by Crippen LogP contribution is 2.51. The molecule has 2 rings (SSSR count). The van der Waals surface area contributed by atoms with Crippen LogP contribution in [0.2, 0.25) is 0 Å². The van der Waals surface area contributed by atoms with Crippen LogP contribution in [0.3, 0.4) is 0 Å². The third-order valence-corrected chi connectivity index (χ3v) is 3.92. The zero-order valence-electron chi connectivity index (χ0n) is 11.5. The largest absolute Gasteiger partial charge is 0.297 e. The monoisotopic (exact) mass is 223 g/mol. The van der Waals surface area contributed by atoms with Gasteiger partial charge in [-0.3, -0.25) is 9.69 Å². The molecule has 1 saturated carbocycles. The summed E-state index contributed by atoms with van der Waals surface area (Å²) in [6, 6.07) is 0.861. The summed E-state index contributed by atoms with van der Waals surface area (Å²) < 4.78 is 0. The number of Topliss-reactive ketones (excluding diaryl/α,β-unsaturated/α-hetero) is 1. The van der Waals surface area contributed by atoms with Crippen molar-refractivity contribution in [3.8, 4) is 0 Å². The van der Waals surface area contributed by atoms with Crippen molar-refractivity contribution in [2.24, 2.45) is 11.3 Å². The lowest BCUT2D eigenvalue weighted by Gasteiger charge is -2.40. The van der Waals surface area contributed by atoms with Gasteiger partial charge in [0, 0.05) is 17.0 Å². The first kappa shape index (κ1) is 12.1. The van der Waals surface area contributed by atoms with Gasteiger partial charge in [0.15, 0.2) is 5.78 Å². The van der Waals surface area contributed by atoms with Gasteiger partial charge in [0.05, 0.1) is 6.04 Å². The van der Waals surface area contributed by atoms with E-state index in [1.54, 1.807) is 0 Å². The maximum absolute atomic E-state index is 12.4. The Morgan fingerprint density at radius 3 is 2.06 bits per heavy atom. The highest BCUT2D eigenvalue weighted by atomic mass is 16.1. The van der Waals surface area contributed by atoms with Gasteiger partial charge >= 0.3 is 0 Å². The lowest BCUT2D eigenvalue weighted by molar-refractivity contribution is -0.133. The molecule has 3 atom stereocenters. The van der Waals surface area contributed by atoms with Gasteiger partial charge < -0.3 is 0 Å². The van der Waals surface area contributed by atoms with E-state index < -0.39 is 0 Å². The molecule has 0 amide bonds. The molecule has 2 aliphatic rings. The fourth-order valence-electron chi connectivity index (χ4n) is 3.16. The molecule has 1 heterocycles. The third-order valence-electron chi connectivity index (χ3n) is 3.92. The molecular weight excluding hydrogens is 198 g/mol. The Labute approximate surface area is 99.4 Å². The molecule has 2 heteroatoms. The van der Waals surface area contributed by atoms with E-state index in [9.17, 15) is 4.79 Å². The number of hydrogen-bond acceptors (Lipinski definition) is 2. The van der Waals surface area contributed by atoms with E-state index in [-0.39, 0.29) is 17.0 Å². The Bertz CT molecular complexity index is 308. The molecule has 0 aromatic rings. The van der Waals surface area contributed by atoms with Crippen molar-refractivity contribution in [2.45, 2.75) is 72.0 Å². The molecule has 0 unspecified atom stereocenters. The Hall–Kier alpha value is -0.370. The molecule has 0 aromatic carbocycles. The molecule has 2 nitrogen and oxygen atoms in total. The van der Waals surface area contributed by atoms with Crippen molar-refractivity contribution in [3.05, 3.63) is 0 Å². The number of likely N-dealkylation sites (tertiary alicyclic amines) is 1. The minimum atomic E-state index is -0.203. The molecule has 1 saturated heterocycles. The SMILES string of the molecule is CC(C)(C)C(=O)[C@@H]1C[C@@H]2C[C@@H]2N1C(C)(C)C. The molecule has 92 valence electrons. The fraction of sp³-hybridized carbons (Fsp3) is 0.929. The van der Waals surface area contributed by atoms with Crippen LogP contribution in [0.5, 0.6) is 0 Å². The highest BCUT2D eigenvalue weighted by molar-refractivity contribution is 5.89. The third kappa shape index (κ3) is 1.92. The van der Waals surface area contributed by atoms with Crippen LogP contribution in [0.25, 0.3) is 0 Å². The number of rotatable bonds is 1. The van der Waals surface area contributed by atoms with Crippen LogP contribution in [0.15, 0.2) is 0 Å². The van der Waals surface area contributed by atoms with Gasteiger partial charge in [-0.2, -0.15) is 0 Å². The molecular formula is C14H25NO. The molecule has 0 aromatic heterocycles. The van der Waals surface area contributed by atoms with Gasteiger partial charge in [0.2, 0.25) is 0 Å². The van der Waals surface area contributed by atoms with E-state index in [4.69, 9.17) is 0 Å². The van der Waals surface area contributed by atoms with Gasteiger partial charge in [-0.25, -0.2) is 0 Å². The molecule has 0 radical (unpaired) electrons. The number of piperidine rings is 1. The summed E-state index contributed by atoms with van der Waals surface area (Å²) in [7, 11) is 0. The number of fused-ring (bicyclic) bond motifs is 1. The summed E-state index contributed by atoms with van der Waals surface area (Å²) >= 11 is 0. The first-order valence-corrected chi connectivity index (χ1v) is 6.45. The first-order valence-electron chi connectivity index (χ1n) is 6.45. The smallest absolute Gasteiger partial charge is 0.155 e. The number of ketones is 1. The van der Waals surface area contributed by atoms with E-state index in [1.807, 2.05) is 20.8 Å². The average molecular weight is 223 g/mol. The van der Waals surface area contributed by atoms with Crippen LogP contribution in [0.4, 0.5) is 0 Å². The Balaban J connectivity index is 2.20. The Kier molecular flexibility index (Phi) is 2.51. The van der Waals surface area contributed by atoms with Crippen LogP contribution < -0.4 is 0 Å². The maximum Gasteiger partial charge on any atom is 0.155 e. The molecule has 0 spiro atoms. The predicted octanol–water partition coefficient (Wildman–Crippen LogP) is 2.86. The second kappa shape index (κ2) is 3.32. The first-order chi connectivity index (χ1) is 7.12. The van der Waals surface area contributed by atoms with E-state index in [0.29, 0.717) is 11.8 Å². The van der Waals surface area contributed by atoms with Gasteiger partial charge in [-0.05, 0) is 39.5 Å². The number of carbonyl (C=O) groups is 1. The second-order valence-electron chi connectivity index (χ2n) is 7.51. The van der Waals surface area contributed by atoms with Crippen molar-refractivity contribution < 1.29 is 4.79 Å².